The van der Waals surface area contributed by atoms with E-state index < -0.39 is 0 Å². The normalized spacial score (nSPS) is 15.2. The van der Waals surface area contributed by atoms with E-state index in [2.05, 4.69) is 96.7 Å². The molecule has 1 unspecified atom stereocenters. The topological polar surface area (TPSA) is 0 Å². The van der Waals surface area contributed by atoms with Crippen LogP contribution in [0, 0.1) is 0 Å². The van der Waals surface area contributed by atoms with Gasteiger partial charge in [-0.15, -0.1) is 0 Å². The van der Waals surface area contributed by atoms with Gasteiger partial charge >= 0.3 is 146 Å². The van der Waals surface area contributed by atoms with Gasteiger partial charge in [-0.3, -0.25) is 0 Å². The van der Waals surface area contributed by atoms with E-state index in [-0.39, 0.29) is 24.8 Å². The second-order valence-corrected chi connectivity index (χ2v) is 7.59. The molecular weight excluding hydrogens is 371 g/mol. The number of allylic oxidation sites excluding steroid dienone is 1. The van der Waals surface area contributed by atoms with Crippen molar-refractivity contribution in [2.75, 3.05) is 0 Å². The van der Waals surface area contributed by atoms with Crippen LogP contribution in [-0.2, 0) is 20.4 Å². The van der Waals surface area contributed by atoms with Crippen molar-refractivity contribution in [2.45, 2.75) is 45.4 Å². The SMILES string of the molecule is CC(C)c1ccc(C2C=Cc3ccccc32)c(C(C)C)[c]1[Ti+2].[Cl-].[Cl-]. The van der Waals surface area contributed by atoms with E-state index >= 15 is 0 Å². The molecule has 1 aliphatic carbocycles. The number of fused-ring (bicyclic) bond motifs is 1. The van der Waals surface area contributed by atoms with Crippen LogP contribution in [0.1, 0.15) is 73.3 Å². The smallest absolute Gasteiger partial charge is 1.00 e. The Morgan fingerprint density at radius 1 is 0.833 bits per heavy atom. The van der Waals surface area contributed by atoms with Crippen LogP contribution in [0.5, 0.6) is 0 Å². The number of rotatable bonds is 3. The summed E-state index contributed by atoms with van der Waals surface area (Å²) >= 11 is 2.30. The zero-order valence-electron chi connectivity index (χ0n) is 14.6. The van der Waals surface area contributed by atoms with Gasteiger partial charge in [-0.1, -0.05) is 0 Å². The third-order valence-electron chi connectivity index (χ3n) is 4.65. The van der Waals surface area contributed by atoms with Crippen LogP contribution < -0.4 is 28.7 Å². The van der Waals surface area contributed by atoms with Crippen LogP contribution >= 0.6 is 0 Å². The number of hydrogen-bond donors (Lipinski definition) is 0. The predicted octanol–water partition coefficient (Wildman–Crippen LogP) is -0.728. The van der Waals surface area contributed by atoms with Crippen LogP contribution in [0.25, 0.3) is 6.08 Å². The second kappa shape index (κ2) is 8.72. The Kier molecular flexibility index (Phi) is 7.82. The van der Waals surface area contributed by atoms with Crippen LogP contribution in [0.3, 0.4) is 0 Å². The molecule has 0 saturated heterocycles. The first-order valence-corrected chi connectivity index (χ1v) is 8.94. The van der Waals surface area contributed by atoms with Crippen LogP contribution in [0.2, 0.25) is 0 Å². The van der Waals surface area contributed by atoms with Gasteiger partial charge in [0.25, 0.3) is 0 Å². The summed E-state index contributed by atoms with van der Waals surface area (Å²) in [5, 5.41) is 0. The average molecular weight is 394 g/mol. The molecule has 0 fully saturated rings. The van der Waals surface area contributed by atoms with Gasteiger partial charge < -0.3 is 24.8 Å². The van der Waals surface area contributed by atoms with E-state index in [0.29, 0.717) is 17.8 Å². The minimum atomic E-state index is 0. The minimum Gasteiger partial charge on any atom is -1.00 e. The fraction of sp³-hybridized carbons (Fsp3) is 0.333. The van der Waals surface area contributed by atoms with E-state index in [1.54, 1.807) is 0 Å². The summed E-state index contributed by atoms with van der Waals surface area (Å²) in [5.74, 6) is 1.54. The van der Waals surface area contributed by atoms with Crippen LogP contribution in [0.4, 0.5) is 0 Å². The molecule has 1 atom stereocenters. The van der Waals surface area contributed by atoms with Gasteiger partial charge in [-0.05, 0) is 0 Å². The summed E-state index contributed by atoms with van der Waals surface area (Å²) in [4.78, 5) is 0. The molecule has 0 amide bonds. The van der Waals surface area contributed by atoms with Crippen molar-refractivity contribution in [3.05, 3.63) is 70.3 Å². The summed E-state index contributed by atoms with van der Waals surface area (Å²) in [5.41, 5.74) is 7.33. The van der Waals surface area contributed by atoms with Crippen molar-refractivity contribution < 1.29 is 45.2 Å². The molecule has 1 aliphatic rings. The van der Waals surface area contributed by atoms with Crippen molar-refractivity contribution in [1.29, 1.82) is 0 Å². The molecule has 24 heavy (non-hydrogen) atoms. The molecule has 3 rings (SSSR count). The zero-order chi connectivity index (χ0) is 15.9. The third-order valence-corrected chi connectivity index (χ3v) is 5.52. The maximum absolute atomic E-state index is 2.37. The Bertz CT molecular complexity index is 733. The molecule has 0 radical (unpaired) electrons. The monoisotopic (exact) mass is 393 g/mol. The van der Waals surface area contributed by atoms with E-state index in [4.69, 9.17) is 0 Å². The molecular formula is C21H23Cl2Ti. The predicted molar refractivity (Wildman–Crippen MR) is 91.6 cm³/mol. The molecule has 0 spiro atoms. The summed E-state index contributed by atoms with van der Waals surface area (Å²) in [6, 6.07) is 13.5. The van der Waals surface area contributed by atoms with Crippen molar-refractivity contribution >= 4 is 9.94 Å². The number of halogens is 2. The first kappa shape index (κ1) is 21.5. The first-order valence-electron chi connectivity index (χ1n) is 8.16. The molecule has 0 aliphatic heterocycles. The summed E-state index contributed by atoms with van der Waals surface area (Å²) < 4.78 is 1.49. The molecule has 125 valence electrons. The third kappa shape index (κ3) is 3.83. The summed E-state index contributed by atoms with van der Waals surface area (Å²) in [7, 11) is 0. The van der Waals surface area contributed by atoms with Crippen molar-refractivity contribution in [3.63, 3.8) is 0 Å². The number of benzene rings is 2. The molecule has 2 aromatic carbocycles. The maximum Gasteiger partial charge on any atom is -1.00 e. The Balaban J connectivity index is 0.00000144. The molecule has 0 heterocycles. The van der Waals surface area contributed by atoms with Crippen LogP contribution in [0.15, 0.2) is 42.5 Å². The Hall–Kier alpha value is -0.526. The quantitative estimate of drug-likeness (QED) is 0.603. The average Bonchev–Trinajstić information content (AvgIpc) is 2.89. The van der Waals surface area contributed by atoms with Gasteiger partial charge in [-0.2, -0.15) is 0 Å². The molecule has 0 N–H and O–H groups in total. The molecule has 0 saturated carbocycles. The Morgan fingerprint density at radius 3 is 2.12 bits per heavy atom. The van der Waals surface area contributed by atoms with E-state index in [0.717, 1.165) is 0 Å². The molecule has 2 aromatic rings. The molecule has 0 aromatic heterocycles. The Morgan fingerprint density at radius 2 is 1.50 bits per heavy atom. The molecule has 0 nitrogen and oxygen atoms in total. The molecule has 0 bridgehead atoms. The van der Waals surface area contributed by atoms with Gasteiger partial charge in [0.1, 0.15) is 0 Å². The fourth-order valence-electron chi connectivity index (χ4n) is 3.55. The van der Waals surface area contributed by atoms with Crippen LogP contribution in [-0.4, -0.2) is 0 Å². The van der Waals surface area contributed by atoms with Crippen molar-refractivity contribution in [1.82, 2.24) is 0 Å². The largest absolute Gasteiger partial charge is 1.00 e. The summed E-state index contributed by atoms with van der Waals surface area (Å²) in [6.45, 7) is 9.22. The first-order chi connectivity index (χ1) is 10.5. The van der Waals surface area contributed by atoms with Crippen molar-refractivity contribution in [2.24, 2.45) is 0 Å². The Labute approximate surface area is 170 Å². The van der Waals surface area contributed by atoms with Crippen molar-refractivity contribution in [3.8, 4) is 0 Å². The zero-order valence-corrected chi connectivity index (χ0v) is 17.7. The van der Waals surface area contributed by atoms with E-state index in [1.807, 2.05) is 0 Å². The molecule has 3 heteroatoms. The van der Waals surface area contributed by atoms with Gasteiger partial charge in [0.05, 0.1) is 0 Å². The fourth-order valence-corrected chi connectivity index (χ4v) is 4.80. The van der Waals surface area contributed by atoms with Gasteiger partial charge in [0, 0.05) is 0 Å². The van der Waals surface area contributed by atoms with Gasteiger partial charge in [0.2, 0.25) is 0 Å². The summed E-state index contributed by atoms with van der Waals surface area (Å²) in [6.07, 6.45) is 4.64. The van der Waals surface area contributed by atoms with Gasteiger partial charge in [-0.25, -0.2) is 0 Å². The standard InChI is InChI=1S/C21H23.2ClH.Ti/c1-14(2)17-10-12-20(21(13-17)15(3)4)19-11-9-16-7-5-6-8-18(16)19;;;/h5-12,14-15,19H,1-4H3;2*1H;/q;;;+2/p-2. The second-order valence-electron chi connectivity index (χ2n) is 6.81. The maximum atomic E-state index is 2.37. The van der Waals surface area contributed by atoms with E-state index in [1.165, 1.54) is 31.7 Å². The van der Waals surface area contributed by atoms with Gasteiger partial charge in [0.15, 0.2) is 0 Å². The minimum absolute atomic E-state index is 0. The number of hydrogen-bond acceptors (Lipinski definition) is 0. The van der Waals surface area contributed by atoms with E-state index in [9.17, 15) is 0 Å².